The normalized spacial score (nSPS) is 16.6. The Balaban J connectivity index is 2.83. The molecule has 0 radical (unpaired) electrons. The molecule has 0 saturated carbocycles. The van der Waals surface area contributed by atoms with E-state index >= 15 is 0 Å². The molecule has 0 fully saturated rings. The first-order valence-electron chi connectivity index (χ1n) is 6.66. The third kappa shape index (κ3) is 3.30. The lowest BCUT2D eigenvalue weighted by molar-refractivity contribution is 0.157. The highest BCUT2D eigenvalue weighted by molar-refractivity contribution is 5.20. The van der Waals surface area contributed by atoms with Crippen molar-refractivity contribution < 1.29 is 4.39 Å². The summed E-state index contributed by atoms with van der Waals surface area (Å²) in [4.78, 5) is 2.23. The fourth-order valence-electron chi connectivity index (χ4n) is 2.46. The van der Waals surface area contributed by atoms with Crippen LogP contribution < -0.4 is 5.32 Å². The maximum absolute atomic E-state index is 13.8. The second kappa shape index (κ2) is 6.86. The summed E-state index contributed by atoms with van der Waals surface area (Å²) in [5.41, 5.74) is 0.762. The number of hydrogen-bond donors (Lipinski definition) is 1. The van der Waals surface area contributed by atoms with Gasteiger partial charge < -0.3 is 5.32 Å². The van der Waals surface area contributed by atoms with Gasteiger partial charge in [0.2, 0.25) is 0 Å². The summed E-state index contributed by atoms with van der Waals surface area (Å²) in [5.74, 6) is -0.124. The monoisotopic (exact) mass is 252 g/mol. The fourth-order valence-corrected chi connectivity index (χ4v) is 2.46. The van der Waals surface area contributed by atoms with Crippen LogP contribution >= 0.6 is 0 Å². The summed E-state index contributed by atoms with van der Waals surface area (Å²) < 4.78 is 13.8. The third-order valence-corrected chi connectivity index (χ3v) is 4.00. The highest BCUT2D eigenvalue weighted by atomic mass is 19.1. The molecule has 0 amide bonds. The number of nitrogens with one attached hydrogen (secondary N) is 1. The predicted molar refractivity (Wildman–Crippen MR) is 75.2 cm³/mol. The van der Waals surface area contributed by atoms with E-state index in [9.17, 15) is 4.39 Å². The smallest absolute Gasteiger partial charge is 0.127 e. The molecule has 18 heavy (non-hydrogen) atoms. The van der Waals surface area contributed by atoms with Gasteiger partial charge in [0.15, 0.2) is 0 Å². The van der Waals surface area contributed by atoms with Crippen LogP contribution in [0.4, 0.5) is 4.39 Å². The Labute approximate surface area is 110 Å². The Bertz CT molecular complexity index is 363. The minimum Gasteiger partial charge on any atom is -0.315 e. The van der Waals surface area contributed by atoms with Gasteiger partial charge in [-0.15, -0.1) is 0 Å². The SMILES string of the molecule is CCC(NC)C(C)N(C)C(C)c1ccccc1F. The number of rotatable bonds is 6. The van der Waals surface area contributed by atoms with Gasteiger partial charge in [-0.25, -0.2) is 4.39 Å². The van der Waals surface area contributed by atoms with E-state index in [1.54, 1.807) is 6.07 Å². The van der Waals surface area contributed by atoms with E-state index < -0.39 is 0 Å². The molecule has 1 N–H and O–H groups in total. The maximum Gasteiger partial charge on any atom is 0.127 e. The van der Waals surface area contributed by atoms with Gasteiger partial charge in [-0.05, 0) is 40.4 Å². The molecule has 0 bridgehead atoms. The van der Waals surface area contributed by atoms with Gasteiger partial charge >= 0.3 is 0 Å². The van der Waals surface area contributed by atoms with E-state index in [4.69, 9.17) is 0 Å². The van der Waals surface area contributed by atoms with Gasteiger partial charge in [0.1, 0.15) is 5.82 Å². The molecular formula is C15H25FN2. The van der Waals surface area contributed by atoms with Gasteiger partial charge in [0, 0.05) is 23.7 Å². The van der Waals surface area contributed by atoms with Crippen LogP contribution in [-0.4, -0.2) is 31.1 Å². The van der Waals surface area contributed by atoms with Crippen molar-refractivity contribution in [2.45, 2.75) is 45.3 Å². The van der Waals surface area contributed by atoms with Crippen LogP contribution in [0, 0.1) is 5.82 Å². The van der Waals surface area contributed by atoms with Crippen molar-refractivity contribution in [3.8, 4) is 0 Å². The van der Waals surface area contributed by atoms with Gasteiger partial charge in [0.05, 0.1) is 0 Å². The van der Waals surface area contributed by atoms with Crippen molar-refractivity contribution in [2.75, 3.05) is 14.1 Å². The van der Waals surface area contributed by atoms with Crippen LogP contribution in [0.1, 0.15) is 38.8 Å². The fraction of sp³-hybridized carbons (Fsp3) is 0.600. The van der Waals surface area contributed by atoms with E-state index in [1.807, 2.05) is 19.2 Å². The van der Waals surface area contributed by atoms with Gasteiger partial charge in [-0.2, -0.15) is 0 Å². The Morgan fingerprint density at radius 1 is 1.28 bits per heavy atom. The first-order valence-corrected chi connectivity index (χ1v) is 6.66. The van der Waals surface area contributed by atoms with Crippen LogP contribution in [0.3, 0.4) is 0 Å². The van der Waals surface area contributed by atoms with Crippen LogP contribution in [0.15, 0.2) is 24.3 Å². The molecule has 1 aromatic rings. The zero-order valence-corrected chi connectivity index (χ0v) is 12.1. The average molecular weight is 252 g/mol. The average Bonchev–Trinajstić information content (AvgIpc) is 2.39. The zero-order valence-electron chi connectivity index (χ0n) is 12.1. The molecule has 0 heterocycles. The molecule has 1 aromatic carbocycles. The van der Waals surface area contributed by atoms with Crippen LogP contribution in [0.25, 0.3) is 0 Å². The maximum atomic E-state index is 13.8. The third-order valence-electron chi connectivity index (χ3n) is 4.00. The summed E-state index contributed by atoms with van der Waals surface area (Å²) in [6.45, 7) is 6.40. The molecule has 0 aliphatic rings. The first-order chi connectivity index (χ1) is 8.52. The van der Waals surface area contributed by atoms with Crippen LogP contribution in [-0.2, 0) is 0 Å². The molecule has 0 aliphatic carbocycles. The number of halogens is 1. The molecule has 102 valence electrons. The molecule has 1 rings (SSSR count). The van der Waals surface area contributed by atoms with Gasteiger partial charge in [-0.1, -0.05) is 25.1 Å². The van der Waals surface area contributed by atoms with Crippen LogP contribution in [0.5, 0.6) is 0 Å². The van der Waals surface area contributed by atoms with E-state index in [0.717, 1.165) is 12.0 Å². The number of nitrogens with zero attached hydrogens (tertiary/aromatic N) is 1. The highest BCUT2D eigenvalue weighted by Crippen LogP contribution is 2.24. The summed E-state index contributed by atoms with van der Waals surface area (Å²) >= 11 is 0. The lowest BCUT2D eigenvalue weighted by Gasteiger charge is -2.35. The predicted octanol–water partition coefficient (Wildman–Crippen LogP) is 3.21. The molecule has 2 nitrogen and oxygen atoms in total. The molecule has 3 unspecified atom stereocenters. The van der Waals surface area contributed by atoms with Crippen LogP contribution in [0.2, 0.25) is 0 Å². The molecule has 3 atom stereocenters. The molecule has 0 aromatic heterocycles. The van der Waals surface area contributed by atoms with Crippen molar-refractivity contribution in [1.82, 2.24) is 10.2 Å². The molecule has 0 aliphatic heterocycles. The lowest BCUT2D eigenvalue weighted by Crippen LogP contribution is -2.46. The second-order valence-electron chi connectivity index (χ2n) is 4.91. The minimum absolute atomic E-state index is 0.0728. The zero-order chi connectivity index (χ0) is 13.7. The van der Waals surface area contributed by atoms with E-state index in [1.165, 1.54) is 6.07 Å². The topological polar surface area (TPSA) is 15.3 Å². The Kier molecular flexibility index (Phi) is 5.76. The highest BCUT2D eigenvalue weighted by Gasteiger charge is 2.24. The number of likely N-dealkylation sites (N-methyl/N-ethyl adjacent to an activating group) is 2. The quantitative estimate of drug-likeness (QED) is 0.836. The van der Waals surface area contributed by atoms with E-state index in [-0.39, 0.29) is 11.9 Å². The lowest BCUT2D eigenvalue weighted by atomic mass is 10.0. The molecular weight excluding hydrogens is 227 g/mol. The Morgan fingerprint density at radius 2 is 1.89 bits per heavy atom. The van der Waals surface area contributed by atoms with Crippen molar-refractivity contribution in [3.05, 3.63) is 35.6 Å². The minimum atomic E-state index is -0.124. The largest absolute Gasteiger partial charge is 0.315 e. The van der Waals surface area contributed by atoms with Crippen molar-refractivity contribution in [1.29, 1.82) is 0 Å². The molecule has 0 spiro atoms. The van der Waals surface area contributed by atoms with E-state index in [2.05, 4.69) is 38.0 Å². The van der Waals surface area contributed by atoms with E-state index in [0.29, 0.717) is 12.1 Å². The summed E-state index contributed by atoms with van der Waals surface area (Å²) in [7, 11) is 4.04. The second-order valence-corrected chi connectivity index (χ2v) is 4.91. The number of hydrogen-bond acceptors (Lipinski definition) is 2. The van der Waals surface area contributed by atoms with Crippen molar-refractivity contribution >= 4 is 0 Å². The Hall–Kier alpha value is -0.930. The standard InChI is InChI=1S/C15H25FN2/c1-6-15(17-4)12(3)18(5)11(2)13-9-7-8-10-14(13)16/h7-12,15,17H,6H2,1-5H3. The van der Waals surface area contributed by atoms with Gasteiger partial charge in [-0.3, -0.25) is 4.90 Å². The van der Waals surface area contributed by atoms with Crippen molar-refractivity contribution in [2.24, 2.45) is 0 Å². The molecule has 0 saturated heterocycles. The van der Waals surface area contributed by atoms with Crippen molar-refractivity contribution in [3.63, 3.8) is 0 Å². The molecule has 3 heteroatoms. The summed E-state index contributed by atoms with van der Waals surface area (Å²) in [6, 6.07) is 7.87. The summed E-state index contributed by atoms with van der Waals surface area (Å²) in [6.07, 6.45) is 1.06. The Morgan fingerprint density at radius 3 is 2.39 bits per heavy atom. The summed E-state index contributed by atoms with van der Waals surface area (Å²) in [5, 5.41) is 3.32. The van der Waals surface area contributed by atoms with Gasteiger partial charge in [0.25, 0.3) is 0 Å². The first kappa shape index (κ1) is 15.1. The number of benzene rings is 1.